The lowest BCUT2D eigenvalue weighted by atomic mass is 10.3. The maximum absolute atomic E-state index is 10.3. The summed E-state index contributed by atoms with van der Waals surface area (Å²) in [4.78, 5) is 10.3. The second kappa shape index (κ2) is 3.55. The molecule has 0 saturated carbocycles. The van der Waals surface area contributed by atoms with Crippen LogP contribution in [0.3, 0.4) is 0 Å². The lowest BCUT2D eigenvalue weighted by Gasteiger charge is -1.87. The minimum atomic E-state index is 0.566. The summed E-state index contributed by atoms with van der Waals surface area (Å²) in [5, 5.41) is 9.21. The smallest absolute Gasteiger partial charge is 0.153 e. The standard InChI is InChI=1S/C7H9N3O/c1-8-3-2-7-6(5-11)4-9-10-7/h2-5,8H,1H3,(H,9,10)/b3-2-. The molecule has 0 radical (unpaired) electrons. The summed E-state index contributed by atoms with van der Waals surface area (Å²) in [7, 11) is 1.79. The summed E-state index contributed by atoms with van der Waals surface area (Å²) in [5.41, 5.74) is 1.28. The van der Waals surface area contributed by atoms with E-state index in [0.29, 0.717) is 11.3 Å². The number of nitrogens with zero attached hydrogens (tertiary/aromatic N) is 1. The van der Waals surface area contributed by atoms with Gasteiger partial charge in [0.15, 0.2) is 6.29 Å². The van der Waals surface area contributed by atoms with Crippen LogP contribution >= 0.6 is 0 Å². The fraction of sp³-hybridized carbons (Fsp3) is 0.143. The first kappa shape index (κ1) is 7.53. The highest BCUT2D eigenvalue weighted by atomic mass is 16.1. The molecule has 4 nitrogen and oxygen atoms in total. The van der Waals surface area contributed by atoms with Crippen LogP contribution in [-0.2, 0) is 0 Å². The molecule has 1 aromatic heterocycles. The van der Waals surface area contributed by atoms with Crippen LogP contribution in [0.1, 0.15) is 16.1 Å². The number of hydrogen-bond donors (Lipinski definition) is 2. The van der Waals surface area contributed by atoms with Crippen molar-refractivity contribution in [1.29, 1.82) is 0 Å². The zero-order chi connectivity index (χ0) is 8.10. The van der Waals surface area contributed by atoms with Crippen molar-refractivity contribution in [2.24, 2.45) is 0 Å². The molecule has 0 aliphatic rings. The normalized spacial score (nSPS) is 10.3. The molecular formula is C7H9N3O. The summed E-state index contributed by atoms with van der Waals surface area (Å²) < 4.78 is 0. The molecule has 0 saturated heterocycles. The maximum atomic E-state index is 10.3. The second-order valence-electron chi connectivity index (χ2n) is 1.98. The predicted octanol–water partition coefficient (Wildman–Crippen LogP) is 0.412. The van der Waals surface area contributed by atoms with E-state index >= 15 is 0 Å². The van der Waals surface area contributed by atoms with Crippen molar-refractivity contribution < 1.29 is 4.79 Å². The van der Waals surface area contributed by atoms with Crippen LogP contribution in [0.2, 0.25) is 0 Å². The van der Waals surface area contributed by atoms with Crippen molar-refractivity contribution in [3.05, 3.63) is 23.7 Å². The number of hydrogen-bond acceptors (Lipinski definition) is 3. The molecule has 1 rings (SSSR count). The van der Waals surface area contributed by atoms with Crippen LogP contribution in [0, 0.1) is 0 Å². The summed E-state index contributed by atoms with van der Waals surface area (Å²) in [5.74, 6) is 0. The number of nitrogens with one attached hydrogen (secondary N) is 2. The van der Waals surface area contributed by atoms with Crippen molar-refractivity contribution in [2.45, 2.75) is 0 Å². The lowest BCUT2D eigenvalue weighted by molar-refractivity contribution is 0.112. The van der Waals surface area contributed by atoms with Gasteiger partial charge >= 0.3 is 0 Å². The summed E-state index contributed by atoms with van der Waals surface area (Å²) in [6.45, 7) is 0. The fourth-order valence-electron chi connectivity index (χ4n) is 0.700. The number of H-pyrrole nitrogens is 1. The van der Waals surface area contributed by atoms with Gasteiger partial charge in [-0.05, 0) is 12.3 Å². The molecule has 0 fully saturated rings. The third-order valence-corrected chi connectivity index (χ3v) is 1.24. The van der Waals surface area contributed by atoms with E-state index in [0.717, 1.165) is 6.29 Å². The molecule has 0 bridgehead atoms. The van der Waals surface area contributed by atoms with Gasteiger partial charge in [0.2, 0.25) is 0 Å². The van der Waals surface area contributed by atoms with E-state index in [1.165, 1.54) is 6.20 Å². The molecule has 2 N–H and O–H groups in total. The minimum absolute atomic E-state index is 0.566. The van der Waals surface area contributed by atoms with Crippen LogP contribution in [0.15, 0.2) is 12.4 Å². The van der Waals surface area contributed by atoms with Gasteiger partial charge in [-0.1, -0.05) is 0 Å². The number of rotatable bonds is 3. The highest BCUT2D eigenvalue weighted by Gasteiger charge is 1.97. The van der Waals surface area contributed by atoms with Gasteiger partial charge in [0.05, 0.1) is 17.5 Å². The molecule has 0 amide bonds. The number of aldehydes is 1. The Bertz CT molecular complexity index is 264. The summed E-state index contributed by atoms with van der Waals surface area (Å²) in [6, 6.07) is 0. The van der Waals surface area contributed by atoms with E-state index in [9.17, 15) is 4.79 Å². The fourth-order valence-corrected chi connectivity index (χ4v) is 0.700. The van der Waals surface area contributed by atoms with Crippen molar-refractivity contribution >= 4 is 12.4 Å². The maximum Gasteiger partial charge on any atom is 0.153 e. The highest BCUT2D eigenvalue weighted by molar-refractivity contribution is 5.79. The van der Waals surface area contributed by atoms with Gasteiger partial charge in [0.1, 0.15) is 0 Å². The van der Waals surface area contributed by atoms with E-state index in [4.69, 9.17) is 0 Å². The van der Waals surface area contributed by atoms with E-state index in [1.54, 1.807) is 19.3 Å². The summed E-state index contributed by atoms with van der Waals surface area (Å²) in [6.07, 6.45) is 5.72. The zero-order valence-corrected chi connectivity index (χ0v) is 6.16. The van der Waals surface area contributed by atoms with Gasteiger partial charge in [-0.25, -0.2) is 0 Å². The van der Waals surface area contributed by atoms with Crippen molar-refractivity contribution in [3.8, 4) is 0 Å². The van der Waals surface area contributed by atoms with Crippen LogP contribution in [-0.4, -0.2) is 23.5 Å². The topological polar surface area (TPSA) is 57.8 Å². The SMILES string of the molecule is CN/C=C\c1[nH]ncc1C=O. The van der Waals surface area contributed by atoms with Crippen LogP contribution in [0.25, 0.3) is 6.08 Å². The number of carbonyl (C=O) groups excluding carboxylic acids is 1. The average Bonchev–Trinajstić information content (AvgIpc) is 2.47. The van der Waals surface area contributed by atoms with Crippen LogP contribution in [0.4, 0.5) is 0 Å². The first-order valence-electron chi connectivity index (χ1n) is 3.21. The third kappa shape index (κ3) is 1.67. The van der Waals surface area contributed by atoms with Gasteiger partial charge < -0.3 is 5.32 Å². The second-order valence-corrected chi connectivity index (χ2v) is 1.98. The predicted molar refractivity (Wildman–Crippen MR) is 42.1 cm³/mol. The summed E-state index contributed by atoms with van der Waals surface area (Å²) >= 11 is 0. The molecular weight excluding hydrogens is 142 g/mol. The zero-order valence-electron chi connectivity index (χ0n) is 6.16. The van der Waals surface area contributed by atoms with Crippen molar-refractivity contribution in [1.82, 2.24) is 15.5 Å². The van der Waals surface area contributed by atoms with Gasteiger partial charge in [-0.3, -0.25) is 9.89 Å². The van der Waals surface area contributed by atoms with Gasteiger partial charge in [0, 0.05) is 7.05 Å². The molecule has 11 heavy (non-hydrogen) atoms. The van der Waals surface area contributed by atoms with E-state index in [-0.39, 0.29) is 0 Å². The highest BCUT2D eigenvalue weighted by Crippen LogP contribution is 2.01. The molecule has 0 aromatic carbocycles. The molecule has 0 aliphatic heterocycles. The Hall–Kier alpha value is -1.58. The molecule has 0 atom stereocenters. The van der Waals surface area contributed by atoms with E-state index < -0.39 is 0 Å². The largest absolute Gasteiger partial charge is 0.394 e. The van der Waals surface area contributed by atoms with E-state index in [2.05, 4.69) is 15.5 Å². The van der Waals surface area contributed by atoms with Gasteiger partial charge in [0.25, 0.3) is 0 Å². The molecule has 1 aromatic rings. The molecule has 0 spiro atoms. The van der Waals surface area contributed by atoms with Crippen molar-refractivity contribution in [2.75, 3.05) is 7.05 Å². The van der Waals surface area contributed by atoms with Crippen molar-refractivity contribution in [3.63, 3.8) is 0 Å². The molecule has 1 heterocycles. The average molecular weight is 151 g/mol. The Labute approximate surface area is 64.3 Å². The van der Waals surface area contributed by atoms with Crippen LogP contribution < -0.4 is 5.32 Å². The number of carbonyl (C=O) groups is 1. The first-order valence-corrected chi connectivity index (χ1v) is 3.21. The molecule has 0 aliphatic carbocycles. The Balaban J connectivity index is 2.84. The molecule has 4 heteroatoms. The Morgan fingerprint density at radius 1 is 1.73 bits per heavy atom. The van der Waals surface area contributed by atoms with Gasteiger partial charge in [-0.2, -0.15) is 5.10 Å². The first-order chi connectivity index (χ1) is 5.38. The molecule has 0 unspecified atom stereocenters. The Morgan fingerprint density at radius 3 is 3.18 bits per heavy atom. The number of aromatic amines is 1. The van der Waals surface area contributed by atoms with Crippen LogP contribution in [0.5, 0.6) is 0 Å². The third-order valence-electron chi connectivity index (χ3n) is 1.24. The Kier molecular flexibility index (Phi) is 2.43. The van der Waals surface area contributed by atoms with Gasteiger partial charge in [-0.15, -0.1) is 0 Å². The quantitative estimate of drug-likeness (QED) is 0.615. The number of aromatic nitrogens is 2. The lowest BCUT2D eigenvalue weighted by Crippen LogP contribution is -1.91. The minimum Gasteiger partial charge on any atom is -0.394 e. The molecule has 58 valence electrons. The monoisotopic (exact) mass is 151 g/mol. The Morgan fingerprint density at radius 2 is 2.55 bits per heavy atom. The van der Waals surface area contributed by atoms with E-state index in [1.807, 2.05) is 0 Å².